The van der Waals surface area contributed by atoms with Gasteiger partial charge in [-0.15, -0.1) is 0 Å². The lowest BCUT2D eigenvalue weighted by atomic mass is 10.2. The average molecular weight is 497 g/mol. The smallest absolute Gasteiger partial charge is 0.338 e. The zero-order chi connectivity index (χ0) is 25.6. The number of nitrogens with one attached hydrogen (secondary N) is 1. The largest absolute Gasteiger partial charge is 0.497 e. The Balaban J connectivity index is 1.57. The second-order valence-electron chi connectivity index (χ2n) is 7.51. The highest BCUT2D eigenvalue weighted by atomic mass is 32.2. The quantitative estimate of drug-likeness (QED) is 0.476. The molecule has 0 aliphatic rings. The number of carbonyl (C=O) groups is 3. The Morgan fingerprint density at radius 3 is 2.00 bits per heavy atom. The van der Waals surface area contributed by atoms with Crippen molar-refractivity contribution in [2.24, 2.45) is 0 Å². The zero-order valence-electron chi connectivity index (χ0n) is 19.3. The molecular formula is C25H24N2O7S. The minimum atomic E-state index is -3.78. The van der Waals surface area contributed by atoms with Gasteiger partial charge in [0.15, 0.2) is 6.61 Å². The summed E-state index contributed by atoms with van der Waals surface area (Å²) < 4.78 is 36.7. The van der Waals surface area contributed by atoms with Gasteiger partial charge in [-0.1, -0.05) is 17.7 Å². The molecule has 0 radical (unpaired) electrons. The number of methoxy groups -OCH3 is 1. The first kappa shape index (κ1) is 25.4. The molecule has 3 rings (SSSR count). The summed E-state index contributed by atoms with van der Waals surface area (Å²) in [4.78, 5) is 36.5. The monoisotopic (exact) mass is 496 g/mol. The Morgan fingerprint density at radius 1 is 0.857 bits per heavy atom. The number of esters is 1. The van der Waals surface area contributed by atoms with Gasteiger partial charge in [0.05, 0.1) is 23.3 Å². The Morgan fingerprint density at radius 2 is 1.43 bits per heavy atom. The van der Waals surface area contributed by atoms with Gasteiger partial charge in [-0.05, 0) is 67.6 Å². The number of carbonyl (C=O) groups excluding carboxylic acids is 3. The van der Waals surface area contributed by atoms with Crippen molar-refractivity contribution in [1.29, 1.82) is 0 Å². The van der Waals surface area contributed by atoms with Crippen molar-refractivity contribution in [3.63, 3.8) is 0 Å². The summed E-state index contributed by atoms with van der Waals surface area (Å²) in [5.41, 5.74) is 1.63. The molecule has 0 saturated heterocycles. The summed E-state index contributed by atoms with van der Waals surface area (Å²) in [6.07, 6.45) is 0. The summed E-state index contributed by atoms with van der Waals surface area (Å²) >= 11 is 0. The molecule has 35 heavy (non-hydrogen) atoms. The molecule has 0 bridgehead atoms. The lowest BCUT2D eigenvalue weighted by Crippen LogP contribution is -2.34. The molecule has 1 N–H and O–H groups in total. The van der Waals surface area contributed by atoms with E-state index in [0.717, 1.165) is 9.87 Å². The number of ether oxygens (including phenoxy) is 2. The average Bonchev–Trinajstić information content (AvgIpc) is 2.87. The number of hydrogen-bond donors (Lipinski definition) is 1. The van der Waals surface area contributed by atoms with E-state index in [1.807, 2.05) is 6.92 Å². The summed E-state index contributed by atoms with van der Waals surface area (Å²) in [5.74, 6) is -1.67. The molecule has 0 atom stereocenters. The number of rotatable bonds is 8. The molecule has 10 heteroatoms. The molecule has 0 aliphatic carbocycles. The van der Waals surface area contributed by atoms with E-state index in [-0.39, 0.29) is 16.0 Å². The molecule has 0 fully saturated rings. The van der Waals surface area contributed by atoms with Crippen molar-refractivity contribution in [1.82, 2.24) is 5.32 Å². The van der Waals surface area contributed by atoms with Crippen LogP contribution in [0.3, 0.4) is 0 Å². The van der Waals surface area contributed by atoms with Crippen molar-refractivity contribution in [3.05, 3.63) is 89.5 Å². The third-order valence-electron chi connectivity index (χ3n) is 5.09. The lowest BCUT2D eigenvalue weighted by molar-refractivity contribution is -0.123. The molecule has 182 valence electrons. The standard InChI is InChI=1S/C25H24N2O7S/c1-17-4-14-22(15-5-17)35(31,32)27(2)20-10-6-19(7-11-20)25(30)34-16-23(28)26-24(29)18-8-12-21(33-3)13-9-18/h4-15H,16H2,1-3H3,(H,26,28,29). The second kappa shape index (κ2) is 10.8. The Labute approximate surface area is 203 Å². The normalized spacial score (nSPS) is 10.8. The van der Waals surface area contributed by atoms with Crippen LogP contribution in [0.25, 0.3) is 0 Å². The lowest BCUT2D eigenvalue weighted by Gasteiger charge is -2.19. The number of anilines is 1. The number of imide groups is 1. The van der Waals surface area contributed by atoms with Crippen molar-refractivity contribution in [3.8, 4) is 5.75 Å². The van der Waals surface area contributed by atoms with Gasteiger partial charge in [0.1, 0.15) is 5.75 Å². The molecular weight excluding hydrogens is 472 g/mol. The Kier molecular flexibility index (Phi) is 7.87. The van der Waals surface area contributed by atoms with E-state index in [2.05, 4.69) is 5.32 Å². The first-order valence-electron chi connectivity index (χ1n) is 10.4. The van der Waals surface area contributed by atoms with Gasteiger partial charge in [-0.3, -0.25) is 19.2 Å². The SMILES string of the molecule is COc1ccc(C(=O)NC(=O)COC(=O)c2ccc(N(C)S(=O)(=O)c3ccc(C)cc3)cc2)cc1. The second-order valence-corrected chi connectivity index (χ2v) is 9.48. The van der Waals surface area contributed by atoms with Crippen LogP contribution in [-0.4, -0.2) is 47.0 Å². The third-order valence-corrected chi connectivity index (χ3v) is 6.89. The first-order valence-corrected chi connectivity index (χ1v) is 11.9. The highest BCUT2D eigenvalue weighted by Gasteiger charge is 2.21. The highest BCUT2D eigenvalue weighted by Crippen LogP contribution is 2.23. The van der Waals surface area contributed by atoms with Crippen LogP contribution in [0.15, 0.2) is 77.7 Å². The van der Waals surface area contributed by atoms with E-state index in [1.54, 1.807) is 24.3 Å². The molecule has 9 nitrogen and oxygen atoms in total. The predicted octanol–water partition coefficient (Wildman–Crippen LogP) is 2.94. The fraction of sp³-hybridized carbons (Fsp3) is 0.160. The van der Waals surface area contributed by atoms with Crippen molar-refractivity contribution < 1.29 is 32.3 Å². The molecule has 0 spiro atoms. The molecule has 3 aromatic carbocycles. The maximum atomic E-state index is 12.8. The van der Waals surface area contributed by atoms with E-state index in [0.29, 0.717) is 11.4 Å². The Bertz CT molecular complexity index is 1320. The van der Waals surface area contributed by atoms with E-state index >= 15 is 0 Å². The molecule has 3 aromatic rings. The van der Waals surface area contributed by atoms with Gasteiger partial charge in [-0.25, -0.2) is 13.2 Å². The fourth-order valence-electron chi connectivity index (χ4n) is 3.01. The number of benzene rings is 3. The molecule has 0 heterocycles. The maximum Gasteiger partial charge on any atom is 0.338 e. The van der Waals surface area contributed by atoms with Gasteiger partial charge in [0, 0.05) is 12.6 Å². The van der Waals surface area contributed by atoms with Crippen molar-refractivity contribution in [2.75, 3.05) is 25.1 Å². The highest BCUT2D eigenvalue weighted by molar-refractivity contribution is 7.92. The zero-order valence-corrected chi connectivity index (χ0v) is 20.2. The maximum absolute atomic E-state index is 12.8. The van der Waals surface area contributed by atoms with Crippen LogP contribution in [0.4, 0.5) is 5.69 Å². The molecule has 0 aromatic heterocycles. The summed E-state index contributed by atoms with van der Waals surface area (Å²) in [6.45, 7) is 1.20. The third kappa shape index (κ3) is 6.24. The van der Waals surface area contributed by atoms with Gasteiger partial charge < -0.3 is 9.47 Å². The summed E-state index contributed by atoms with van der Waals surface area (Å²) in [7, 11) is -0.875. The van der Waals surface area contributed by atoms with E-state index in [9.17, 15) is 22.8 Å². The Hall–Kier alpha value is -4.18. The van der Waals surface area contributed by atoms with Gasteiger partial charge in [-0.2, -0.15) is 0 Å². The number of nitrogens with zero attached hydrogens (tertiary/aromatic N) is 1. The number of aryl methyl sites for hydroxylation is 1. The first-order chi connectivity index (χ1) is 16.6. The van der Waals surface area contributed by atoms with E-state index in [1.165, 1.54) is 62.7 Å². The predicted molar refractivity (Wildman–Crippen MR) is 129 cm³/mol. The minimum Gasteiger partial charge on any atom is -0.497 e. The van der Waals surface area contributed by atoms with Crippen LogP contribution in [0, 0.1) is 6.92 Å². The van der Waals surface area contributed by atoms with Crippen molar-refractivity contribution in [2.45, 2.75) is 11.8 Å². The number of amides is 2. The van der Waals surface area contributed by atoms with Gasteiger partial charge >= 0.3 is 5.97 Å². The number of hydrogen-bond acceptors (Lipinski definition) is 7. The minimum absolute atomic E-state index is 0.115. The van der Waals surface area contributed by atoms with Crippen LogP contribution >= 0.6 is 0 Å². The summed E-state index contributed by atoms with van der Waals surface area (Å²) in [6, 6.07) is 18.3. The molecule has 0 saturated carbocycles. The van der Waals surface area contributed by atoms with E-state index in [4.69, 9.17) is 9.47 Å². The molecule has 2 amide bonds. The van der Waals surface area contributed by atoms with Crippen LogP contribution in [-0.2, 0) is 19.6 Å². The van der Waals surface area contributed by atoms with E-state index < -0.39 is 34.4 Å². The van der Waals surface area contributed by atoms with Crippen molar-refractivity contribution >= 4 is 33.5 Å². The van der Waals surface area contributed by atoms with Crippen LogP contribution in [0.1, 0.15) is 26.3 Å². The van der Waals surface area contributed by atoms with Crippen LogP contribution < -0.4 is 14.4 Å². The fourth-order valence-corrected chi connectivity index (χ4v) is 4.20. The van der Waals surface area contributed by atoms with Crippen LogP contribution in [0.2, 0.25) is 0 Å². The van der Waals surface area contributed by atoms with Crippen LogP contribution in [0.5, 0.6) is 5.75 Å². The summed E-state index contributed by atoms with van der Waals surface area (Å²) in [5, 5.41) is 2.13. The van der Waals surface area contributed by atoms with Gasteiger partial charge in [0.2, 0.25) is 0 Å². The molecule has 0 unspecified atom stereocenters. The number of sulfonamides is 1. The van der Waals surface area contributed by atoms with Gasteiger partial charge in [0.25, 0.3) is 21.8 Å². The topological polar surface area (TPSA) is 119 Å². The molecule has 0 aliphatic heterocycles.